The van der Waals surface area contributed by atoms with Gasteiger partial charge in [0.05, 0.1) is 10.7 Å². The highest BCUT2D eigenvalue weighted by molar-refractivity contribution is 6.33. The molecular formula is C14H22ClN3O. The van der Waals surface area contributed by atoms with Crippen LogP contribution in [0.4, 0.5) is 5.69 Å². The van der Waals surface area contributed by atoms with Crippen LogP contribution in [0.1, 0.15) is 33.1 Å². The van der Waals surface area contributed by atoms with Crippen LogP contribution in [0.2, 0.25) is 5.02 Å². The van der Waals surface area contributed by atoms with Crippen molar-refractivity contribution in [3.05, 3.63) is 29.3 Å². The zero-order valence-electron chi connectivity index (χ0n) is 11.5. The van der Waals surface area contributed by atoms with Crippen molar-refractivity contribution in [3.63, 3.8) is 0 Å². The van der Waals surface area contributed by atoms with Gasteiger partial charge in [0, 0.05) is 12.0 Å². The van der Waals surface area contributed by atoms with Crippen molar-refractivity contribution < 1.29 is 5.21 Å². The molecule has 1 rings (SSSR count). The molecule has 0 aliphatic rings. The average molecular weight is 284 g/mol. The maximum absolute atomic E-state index is 8.69. The van der Waals surface area contributed by atoms with E-state index in [2.05, 4.69) is 10.5 Å². The molecule has 0 aromatic heterocycles. The van der Waals surface area contributed by atoms with Crippen LogP contribution in [0.3, 0.4) is 0 Å². The molecule has 4 nitrogen and oxygen atoms in total. The Morgan fingerprint density at radius 2 is 2.05 bits per heavy atom. The number of oxime groups is 1. The maximum atomic E-state index is 8.69. The topological polar surface area (TPSA) is 70.6 Å². The number of hydrogen-bond acceptors (Lipinski definition) is 3. The van der Waals surface area contributed by atoms with Crippen molar-refractivity contribution in [1.82, 2.24) is 0 Å². The zero-order valence-corrected chi connectivity index (χ0v) is 12.2. The van der Waals surface area contributed by atoms with Crippen LogP contribution < -0.4 is 11.1 Å². The van der Waals surface area contributed by atoms with Crippen molar-refractivity contribution in [1.29, 1.82) is 0 Å². The van der Waals surface area contributed by atoms with E-state index in [0.717, 1.165) is 36.5 Å². The SMILES string of the molecule is CC(C)(CCCCNc1ccccc1Cl)/C(N)=N/O. The molecule has 0 radical (unpaired) electrons. The number of para-hydroxylation sites is 1. The summed E-state index contributed by atoms with van der Waals surface area (Å²) in [6.07, 6.45) is 2.89. The third kappa shape index (κ3) is 4.99. The lowest BCUT2D eigenvalue weighted by molar-refractivity contribution is 0.304. The average Bonchev–Trinajstić information content (AvgIpc) is 2.39. The first-order valence-corrected chi connectivity index (χ1v) is 6.81. The lowest BCUT2D eigenvalue weighted by atomic mass is 9.86. The summed E-state index contributed by atoms with van der Waals surface area (Å²) in [6.45, 7) is 4.81. The second kappa shape index (κ2) is 7.24. The number of nitrogens with two attached hydrogens (primary N) is 1. The highest BCUT2D eigenvalue weighted by atomic mass is 35.5. The van der Waals surface area contributed by atoms with E-state index < -0.39 is 0 Å². The van der Waals surface area contributed by atoms with Crippen molar-refractivity contribution in [3.8, 4) is 0 Å². The molecule has 19 heavy (non-hydrogen) atoms. The predicted molar refractivity (Wildman–Crippen MR) is 81.0 cm³/mol. The smallest absolute Gasteiger partial charge is 0.144 e. The van der Waals surface area contributed by atoms with Crippen molar-refractivity contribution in [2.75, 3.05) is 11.9 Å². The highest BCUT2D eigenvalue weighted by Crippen LogP contribution is 2.24. The van der Waals surface area contributed by atoms with Crippen molar-refractivity contribution in [2.45, 2.75) is 33.1 Å². The van der Waals surface area contributed by atoms with Gasteiger partial charge >= 0.3 is 0 Å². The molecule has 106 valence electrons. The summed E-state index contributed by atoms with van der Waals surface area (Å²) in [4.78, 5) is 0. The molecule has 4 N–H and O–H groups in total. The lowest BCUT2D eigenvalue weighted by Gasteiger charge is -2.22. The summed E-state index contributed by atoms with van der Waals surface area (Å²) in [5.41, 5.74) is 6.34. The number of amidine groups is 1. The van der Waals surface area contributed by atoms with E-state index in [4.69, 9.17) is 22.5 Å². The van der Waals surface area contributed by atoms with E-state index in [1.54, 1.807) is 0 Å². The molecule has 0 atom stereocenters. The molecule has 5 heteroatoms. The van der Waals surface area contributed by atoms with Gasteiger partial charge in [-0.25, -0.2) is 0 Å². The molecule has 1 aromatic rings. The Balaban J connectivity index is 2.27. The number of halogens is 1. The Labute approximate surface area is 119 Å². The van der Waals surface area contributed by atoms with Gasteiger partial charge in [0.2, 0.25) is 0 Å². The summed E-state index contributed by atoms with van der Waals surface area (Å²) in [5, 5.41) is 15.8. The van der Waals surface area contributed by atoms with Crippen LogP contribution in [-0.4, -0.2) is 17.6 Å². The first-order chi connectivity index (χ1) is 8.97. The first-order valence-electron chi connectivity index (χ1n) is 6.44. The molecule has 0 fully saturated rings. The van der Waals surface area contributed by atoms with E-state index in [-0.39, 0.29) is 11.3 Å². The van der Waals surface area contributed by atoms with Crippen LogP contribution in [-0.2, 0) is 0 Å². The highest BCUT2D eigenvalue weighted by Gasteiger charge is 2.22. The van der Waals surface area contributed by atoms with Crippen molar-refractivity contribution >= 4 is 23.1 Å². The standard InChI is InChI=1S/C14H22ClN3O/c1-14(2,13(16)18-19)9-5-6-10-17-12-8-4-3-7-11(12)15/h3-4,7-8,17,19H,5-6,9-10H2,1-2H3,(H2,16,18). The van der Waals surface area contributed by atoms with E-state index in [1.807, 2.05) is 38.1 Å². The monoisotopic (exact) mass is 283 g/mol. The fourth-order valence-electron chi connectivity index (χ4n) is 1.78. The summed E-state index contributed by atoms with van der Waals surface area (Å²) < 4.78 is 0. The molecule has 0 saturated carbocycles. The van der Waals surface area contributed by atoms with E-state index in [0.29, 0.717) is 0 Å². The van der Waals surface area contributed by atoms with Crippen LogP contribution in [0.5, 0.6) is 0 Å². The summed E-state index contributed by atoms with van der Waals surface area (Å²) in [5.74, 6) is 0.284. The van der Waals surface area contributed by atoms with Gasteiger partial charge in [0.15, 0.2) is 0 Å². The van der Waals surface area contributed by atoms with Crippen LogP contribution >= 0.6 is 11.6 Å². The van der Waals surface area contributed by atoms with Crippen LogP contribution in [0.15, 0.2) is 29.4 Å². The number of nitrogens with zero attached hydrogens (tertiary/aromatic N) is 1. The number of anilines is 1. The fourth-order valence-corrected chi connectivity index (χ4v) is 1.99. The quantitative estimate of drug-likeness (QED) is 0.235. The largest absolute Gasteiger partial charge is 0.409 e. The molecule has 0 spiro atoms. The minimum atomic E-state index is -0.265. The zero-order chi connectivity index (χ0) is 14.3. The Morgan fingerprint density at radius 3 is 2.68 bits per heavy atom. The summed E-state index contributed by atoms with van der Waals surface area (Å²) >= 11 is 6.05. The normalized spacial score (nSPS) is 12.5. The molecule has 0 aliphatic carbocycles. The molecule has 0 bridgehead atoms. The van der Waals surface area contributed by atoms with Gasteiger partial charge in [-0.05, 0) is 25.0 Å². The lowest BCUT2D eigenvalue weighted by Crippen LogP contribution is -2.31. The van der Waals surface area contributed by atoms with Gasteiger partial charge in [-0.2, -0.15) is 0 Å². The molecule has 0 saturated heterocycles. The molecule has 0 heterocycles. The third-order valence-corrected chi connectivity index (χ3v) is 3.55. The Kier molecular flexibility index (Phi) is 5.96. The van der Waals surface area contributed by atoms with Gasteiger partial charge in [-0.15, -0.1) is 0 Å². The molecule has 1 aromatic carbocycles. The molecule has 0 aliphatic heterocycles. The molecule has 0 amide bonds. The van der Waals surface area contributed by atoms with Crippen LogP contribution in [0.25, 0.3) is 0 Å². The predicted octanol–water partition coefficient (Wildman–Crippen LogP) is 3.69. The Hall–Kier alpha value is -1.42. The van der Waals surface area contributed by atoms with Gasteiger partial charge in [0.25, 0.3) is 0 Å². The van der Waals surface area contributed by atoms with Gasteiger partial charge in [0.1, 0.15) is 5.84 Å². The maximum Gasteiger partial charge on any atom is 0.144 e. The third-order valence-electron chi connectivity index (χ3n) is 3.22. The van der Waals surface area contributed by atoms with Gasteiger partial charge < -0.3 is 16.3 Å². The van der Waals surface area contributed by atoms with Gasteiger partial charge in [-0.3, -0.25) is 0 Å². The van der Waals surface area contributed by atoms with Crippen molar-refractivity contribution in [2.24, 2.45) is 16.3 Å². The van der Waals surface area contributed by atoms with E-state index >= 15 is 0 Å². The molecular weight excluding hydrogens is 262 g/mol. The Bertz CT molecular complexity index is 432. The second-order valence-corrected chi connectivity index (χ2v) is 5.64. The Morgan fingerprint density at radius 1 is 1.37 bits per heavy atom. The number of nitrogens with one attached hydrogen (secondary N) is 1. The first kappa shape index (κ1) is 15.6. The number of rotatable bonds is 7. The van der Waals surface area contributed by atoms with Gasteiger partial charge in [-0.1, -0.05) is 49.2 Å². The number of benzene rings is 1. The number of hydrogen-bond donors (Lipinski definition) is 3. The van der Waals surface area contributed by atoms with Crippen LogP contribution in [0, 0.1) is 5.41 Å². The summed E-state index contributed by atoms with van der Waals surface area (Å²) in [6, 6.07) is 7.69. The summed E-state index contributed by atoms with van der Waals surface area (Å²) in [7, 11) is 0. The van der Waals surface area contributed by atoms with E-state index in [9.17, 15) is 0 Å². The molecule has 0 unspecified atom stereocenters. The fraction of sp³-hybridized carbons (Fsp3) is 0.500. The second-order valence-electron chi connectivity index (χ2n) is 5.23. The minimum absolute atomic E-state index is 0.265. The number of unbranched alkanes of at least 4 members (excludes halogenated alkanes) is 1. The van der Waals surface area contributed by atoms with E-state index in [1.165, 1.54) is 0 Å². The minimum Gasteiger partial charge on any atom is -0.409 e.